The second-order valence-corrected chi connectivity index (χ2v) is 5.67. The topological polar surface area (TPSA) is 58.4 Å². The van der Waals surface area contributed by atoms with E-state index in [1.807, 2.05) is 6.92 Å². The Balaban J connectivity index is 2.44. The van der Waals surface area contributed by atoms with Crippen LogP contribution in [0.5, 0.6) is 0 Å². The monoisotopic (exact) mass is 269 g/mol. The zero-order valence-corrected chi connectivity index (χ0v) is 12.7. The average molecular weight is 269 g/mol. The molecule has 19 heavy (non-hydrogen) atoms. The molecule has 0 aliphatic carbocycles. The number of amides is 1. The van der Waals surface area contributed by atoms with Crippen molar-refractivity contribution < 1.29 is 4.79 Å². The molecule has 2 atom stereocenters. The number of hydrogen-bond donors (Lipinski definition) is 2. The molecule has 4 nitrogen and oxygen atoms in total. The largest absolute Gasteiger partial charge is 0.356 e. The van der Waals surface area contributed by atoms with Crippen molar-refractivity contribution in [1.29, 1.82) is 0 Å². The number of carbonyl (C=O) groups excluding carboxylic acids is 1. The van der Waals surface area contributed by atoms with Gasteiger partial charge in [0.1, 0.15) is 0 Å². The molecule has 1 rings (SSSR count). The van der Waals surface area contributed by atoms with Crippen LogP contribution in [0, 0.1) is 5.92 Å². The molecule has 1 aliphatic rings. The van der Waals surface area contributed by atoms with Gasteiger partial charge >= 0.3 is 0 Å². The molecule has 1 heterocycles. The van der Waals surface area contributed by atoms with Crippen molar-refractivity contribution in [3.05, 3.63) is 0 Å². The number of nitrogens with zero attached hydrogens (tertiary/aromatic N) is 1. The minimum absolute atomic E-state index is 0.132. The van der Waals surface area contributed by atoms with Gasteiger partial charge in [0.05, 0.1) is 0 Å². The Kier molecular flexibility index (Phi) is 8.07. The van der Waals surface area contributed by atoms with Crippen molar-refractivity contribution >= 4 is 5.91 Å². The van der Waals surface area contributed by atoms with Gasteiger partial charge in [0.25, 0.3) is 0 Å². The molecule has 1 amide bonds. The van der Waals surface area contributed by atoms with Crippen molar-refractivity contribution in [2.75, 3.05) is 26.2 Å². The highest BCUT2D eigenvalue weighted by Crippen LogP contribution is 2.23. The molecule has 0 aromatic carbocycles. The summed E-state index contributed by atoms with van der Waals surface area (Å²) in [6.07, 6.45) is 7.02. The number of nitrogens with one attached hydrogen (secondary N) is 1. The van der Waals surface area contributed by atoms with Crippen LogP contribution in [0.2, 0.25) is 0 Å². The molecule has 1 fully saturated rings. The van der Waals surface area contributed by atoms with Gasteiger partial charge in [-0.3, -0.25) is 9.69 Å². The fourth-order valence-electron chi connectivity index (χ4n) is 3.09. The van der Waals surface area contributed by atoms with E-state index in [0.29, 0.717) is 19.5 Å². The van der Waals surface area contributed by atoms with Gasteiger partial charge in [-0.1, -0.05) is 19.8 Å². The first-order valence-electron chi connectivity index (χ1n) is 7.92. The van der Waals surface area contributed by atoms with Gasteiger partial charge in [-0.25, -0.2) is 0 Å². The number of nitrogens with two attached hydrogens (primary N) is 1. The third-order valence-electron chi connectivity index (χ3n) is 4.16. The first-order chi connectivity index (χ1) is 9.21. The Hall–Kier alpha value is -0.610. The van der Waals surface area contributed by atoms with Crippen molar-refractivity contribution in [2.24, 2.45) is 11.7 Å². The summed E-state index contributed by atoms with van der Waals surface area (Å²) in [7, 11) is 0. The van der Waals surface area contributed by atoms with E-state index in [0.717, 1.165) is 19.0 Å². The standard InChI is InChI=1S/C15H31N3O/c1-3-6-13-7-5-9-18(10-8-13)14(12-16)11-15(19)17-4-2/h13-14H,3-12,16H2,1-2H3,(H,17,19). The maximum atomic E-state index is 11.7. The maximum absolute atomic E-state index is 11.7. The lowest BCUT2D eigenvalue weighted by Gasteiger charge is -2.29. The predicted octanol–water partition coefficient (Wildman–Crippen LogP) is 1.74. The number of likely N-dealkylation sites (tertiary alicyclic amines) is 1. The zero-order chi connectivity index (χ0) is 14.1. The summed E-state index contributed by atoms with van der Waals surface area (Å²) in [4.78, 5) is 14.1. The van der Waals surface area contributed by atoms with Crippen molar-refractivity contribution in [3.8, 4) is 0 Å². The molecule has 0 aromatic rings. The van der Waals surface area contributed by atoms with E-state index in [2.05, 4.69) is 17.1 Å². The molecule has 3 N–H and O–H groups in total. The quantitative estimate of drug-likeness (QED) is 0.740. The third-order valence-corrected chi connectivity index (χ3v) is 4.16. The van der Waals surface area contributed by atoms with Gasteiger partial charge in [-0.2, -0.15) is 0 Å². The summed E-state index contributed by atoms with van der Waals surface area (Å²) in [6.45, 7) is 7.70. The van der Waals surface area contributed by atoms with E-state index in [4.69, 9.17) is 5.73 Å². The Labute approximate surface area is 118 Å². The summed E-state index contributed by atoms with van der Waals surface area (Å²) in [5, 5.41) is 2.87. The number of carbonyl (C=O) groups is 1. The molecular formula is C15H31N3O. The molecule has 0 aromatic heterocycles. The highest BCUT2D eigenvalue weighted by molar-refractivity contribution is 5.76. The highest BCUT2D eigenvalue weighted by atomic mass is 16.1. The highest BCUT2D eigenvalue weighted by Gasteiger charge is 2.23. The van der Waals surface area contributed by atoms with Gasteiger partial charge in [0.15, 0.2) is 0 Å². The van der Waals surface area contributed by atoms with Crippen LogP contribution in [-0.4, -0.2) is 43.0 Å². The summed E-state index contributed by atoms with van der Waals surface area (Å²) in [5.74, 6) is 1.00. The Morgan fingerprint density at radius 1 is 1.37 bits per heavy atom. The number of hydrogen-bond acceptors (Lipinski definition) is 3. The fourth-order valence-corrected chi connectivity index (χ4v) is 3.09. The number of rotatable bonds is 7. The molecule has 0 bridgehead atoms. The van der Waals surface area contributed by atoms with Crippen LogP contribution in [0.15, 0.2) is 0 Å². The first-order valence-corrected chi connectivity index (χ1v) is 7.92. The Morgan fingerprint density at radius 3 is 2.79 bits per heavy atom. The minimum Gasteiger partial charge on any atom is -0.356 e. The first kappa shape index (κ1) is 16.4. The third kappa shape index (κ3) is 5.91. The van der Waals surface area contributed by atoms with Gasteiger partial charge in [0, 0.05) is 25.6 Å². The normalized spacial score (nSPS) is 22.8. The molecule has 4 heteroatoms. The minimum atomic E-state index is 0.132. The second-order valence-electron chi connectivity index (χ2n) is 5.67. The van der Waals surface area contributed by atoms with Gasteiger partial charge in [0.2, 0.25) is 5.91 Å². The molecule has 2 unspecified atom stereocenters. The Morgan fingerprint density at radius 2 is 2.16 bits per heavy atom. The molecule has 0 radical (unpaired) electrons. The van der Waals surface area contributed by atoms with E-state index in [9.17, 15) is 4.79 Å². The SMILES string of the molecule is CCCC1CCCN(C(CN)CC(=O)NCC)CC1. The maximum Gasteiger partial charge on any atom is 0.221 e. The molecule has 1 saturated heterocycles. The van der Waals surface area contributed by atoms with Gasteiger partial charge in [-0.05, 0) is 45.2 Å². The lowest BCUT2D eigenvalue weighted by molar-refractivity contribution is -0.122. The predicted molar refractivity (Wildman–Crippen MR) is 80.0 cm³/mol. The summed E-state index contributed by atoms with van der Waals surface area (Å²) < 4.78 is 0. The van der Waals surface area contributed by atoms with Crippen LogP contribution in [-0.2, 0) is 4.79 Å². The van der Waals surface area contributed by atoms with Crippen molar-refractivity contribution in [1.82, 2.24) is 10.2 Å². The van der Waals surface area contributed by atoms with Gasteiger partial charge < -0.3 is 11.1 Å². The fraction of sp³-hybridized carbons (Fsp3) is 0.933. The molecule has 1 aliphatic heterocycles. The van der Waals surface area contributed by atoms with Crippen LogP contribution in [0.25, 0.3) is 0 Å². The van der Waals surface area contributed by atoms with Crippen LogP contribution >= 0.6 is 0 Å². The van der Waals surface area contributed by atoms with Gasteiger partial charge in [-0.15, -0.1) is 0 Å². The van der Waals surface area contributed by atoms with E-state index in [1.54, 1.807) is 0 Å². The molecule has 0 spiro atoms. The van der Waals surface area contributed by atoms with E-state index >= 15 is 0 Å². The lowest BCUT2D eigenvalue weighted by atomic mass is 9.96. The molecule has 112 valence electrons. The lowest BCUT2D eigenvalue weighted by Crippen LogP contribution is -2.44. The molecular weight excluding hydrogens is 238 g/mol. The average Bonchev–Trinajstić information content (AvgIpc) is 2.62. The van der Waals surface area contributed by atoms with Crippen LogP contribution in [0.3, 0.4) is 0 Å². The second kappa shape index (κ2) is 9.32. The van der Waals surface area contributed by atoms with Crippen molar-refractivity contribution in [3.63, 3.8) is 0 Å². The molecule has 0 saturated carbocycles. The van der Waals surface area contributed by atoms with Crippen LogP contribution in [0.1, 0.15) is 52.4 Å². The van der Waals surface area contributed by atoms with E-state index < -0.39 is 0 Å². The Bertz CT molecular complexity index is 258. The summed E-state index contributed by atoms with van der Waals surface area (Å²) >= 11 is 0. The smallest absolute Gasteiger partial charge is 0.221 e. The summed E-state index contributed by atoms with van der Waals surface area (Å²) in [5.41, 5.74) is 5.87. The van der Waals surface area contributed by atoms with Crippen molar-refractivity contribution in [2.45, 2.75) is 58.4 Å². The zero-order valence-electron chi connectivity index (χ0n) is 12.7. The van der Waals surface area contributed by atoms with Crippen LogP contribution < -0.4 is 11.1 Å². The van der Waals surface area contributed by atoms with E-state index in [-0.39, 0.29) is 11.9 Å². The summed E-state index contributed by atoms with van der Waals surface area (Å²) in [6, 6.07) is 0.215. The van der Waals surface area contributed by atoms with Crippen LogP contribution in [0.4, 0.5) is 0 Å². The van der Waals surface area contributed by atoms with E-state index in [1.165, 1.54) is 32.1 Å².